The summed E-state index contributed by atoms with van der Waals surface area (Å²) in [5.74, 6) is 1.03. The number of hydrogen-bond donors (Lipinski definition) is 2. The second kappa shape index (κ2) is 7.29. The van der Waals surface area contributed by atoms with Crippen molar-refractivity contribution in [2.75, 3.05) is 19.1 Å². The molecule has 3 rings (SSSR count). The smallest absolute Gasteiger partial charge is 0.240 e. The van der Waals surface area contributed by atoms with Crippen molar-refractivity contribution in [2.45, 2.75) is 18.2 Å². The van der Waals surface area contributed by atoms with Crippen molar-refractivity contribution in [2.24, 2.45) is 0 Å². The molecule has 8 heteroatoms. The van der Waals surface area contributed by atoms with Crippen molar-refractivity contribution in [3.05, 3.63) is 47.5 Å². The first-order chi connectivity index (χ1) is 11.0. The Balaban J connectivity index is 0.00000208. The van der Waals surface area contributed by atoms with Crippen molar-refractivity contribution in [3.8, 4) is 11.5 Å². The summed E-state index contributed by atoms with van der Waals surface area (Å²) in [6.07, 6.45) is 0.586. The molecule has 6 nitrogen and oxygen atoms in total. The van der Waals surface area contributed by atoms with Crippen molar-refractivity contribution in [1.29, 1.82) is 0 Å². The summed E-state index contributed by atoms with van der Waals surface area (Å²) in [4.78, 5) is 0.207. The number of hydrogen-bond acceptors (Lipinski definition) is 5. The van der Waals surface area contributed by atoms with Gasteiger partial charge in [-0.3, -0.25) is 0 Å². The van der Waals surface area contributed by atoms with Gasteiger partial charge >= 0.3 is 0 Å². The first-order valence-corrected chi connectivity index (χ1v) is 8.68. The van der Waals surface area contributed by atoms with Gasteiger partial charge in [-0.15, -0.1) is 12.4 Å². The molecule has 0 bridgehead atoms. The molecular weight excluding hydrogens is 352 g/mol. The van der Waals surface area contributed by atoms with E-state index in [-0.39, 0.29) is 24.1 Å². The number of sulfonamides is 1. The Morgan fingerprint density at radius 1 is 1.12 bits per heavy atom. The minimum Gasteiger partial charge on any atom is -0.454 e. The molecule has 0 spiro atoms. The van der Waals surface area contributed by atoms with Crippen LogP contribution in [0.4, 0.5) is 5.69 Å². The zero-order valence-electron chi connectivity index (χ0n) is 13.1. The fourth-order valence-electron chi connectivity index (χ4n) is 2.41. The van der Waals surface area contributed by atoms with Gasteiger partial charge in [-0.05, 0) is 42.7 Å². The zero-order valence-corrected chi connectivity index (χ0v) is 14.7. The molecule has 0 radical (unpaired) electrons. The first kappa shape index (κ1) is 18.4. The fourth-order valence-corrected chi connectivity index (χ4v) is 3.68. The van der Waals surface area contributed by atoms with Crippen LogP contribution in [0.25, 0.3) is 0 Å². The van der Waals surface area contributed by atoms with E-state index in [0.29, 0.717) is 35.7 Å². The van der Waals surface area contributed by atoms with Gasteiger partial charge in [-0.1, -0.05) is 12.1 Å². The number of fused-ring (bicyclic) bond motifs is 1. The van der Waals surface area contributed by atoms with Gasteiger partial charge in [0.1, 0.15) is 0 Å². The minimum atomic E-state index is -3.60. The molecular formula is C16H19ClN2O4S. The highest BCUT2D eigenvalue weighted by Crippen LogP contribution is 2.36. The van der Waals surface area contributed by atoms with Crippen LogP contribution in [0, 0.1) is 6.92 Å². The number of benzene rings is 2. The highest BCUT2D eigenvalue weighted by atomic mass is 35.5. The van der Waals surface area contributed by atoms with E-state index < -0.39 is 10.0 Å². The molecule has 2 aromatic rings. The summed E-state index contributed by atoms with van der Waals surface area (Å²) in [6.45, 7) is 2.15. The van der Waals surface area contributed by atoms with E-state index in [0.717, 1.165) is 5.56 Å². The fraction of sp³-hybridized carbons (Fsp3) is 0.250. The molecule has 24 heavy (non-hydrogen) atoms. The van der Waals surface area contributed by atoms with Gasteiger partial charge < -0.3 is 15.2 Å². The standard InChI is InChI=1S/C16H18N2O4S.ClH/c1-11-8-14-15(22-10-21-14)9-16(11)23(19,20)18-7-6-12-2-4-13(17)5-3-12;/h2-5,8-9,18H,6-7,10,17H2,1H3;1H. The van der Waals surface area contributed by atoms with Crippen LogP contribution in [0.5, 0.6) is 11.5 Å². The third kappa shape index (κ3) is 3.92. The Morgan fingerprint density at radius 3 is 2.42 bits per heavy atom. The lowest BCUT2D eigenvalue weighted by atomic mass is 10.1. The van der Waals surface area contributed by atoms with E-state index in [1.54, 1.807) is 25.1 Å². The molecule has 0 fully saturated rings. The number of rotatable bonds is 5. The Kier molecular flexibility index (Phi) is 5.58. The molecule has 0 amide bonds. The van der Waals surface area contributed by atoms with E-state index in [1.807, 2.05) is 12.1 Å². The minimum absolute atomic E-state index is 0. The molecule has 0 aromatic heterocycles. The molecule has 0 atom stereocenters. The number of anilines is 1. The SMILES string of the molecule is Cc1cc2c(cc1S(=O)(=O)NCCc1ccc(N)cc1)OCO2.Cl. The van der Waals surface area contributed by atoms with Crippen molar-refractivity contribution in [1.82, 2.24) is 4.72 Å². The summed E-state index contributed by atoms with van der Waals surface area (Å²) in [6, 6.07) is 10.5. The topological polar surface area (TPSA) is 90.7 Å². The van der Waals surface area contributed by atoms with Crippen LogP contribution < -0.4 is 19.9 Å². The average Bonchev–Trinajstić information content (AvgIpc) is 2.95. The predicted molar refractivity (Wildman–Crippen MR) is 94.3 cm³/mol. The van der Waals surface area contributed by atoms with Crippen molar-refractivity contribution in [3.63, 3.8) is 0 Å². The van der Waals surface area contributed by atoms with Gasteiger partial charge in [-0.2, -0.15) is 0 Å². The zero-order chi connectivity index (χ0) is 16.4. The van der Waals surface area contributed by atoms with Crippen LogP contribution in [-0.4, -0.2) is 21.8 Å². The maximum atomic E-state index is 12.5. The number of halogens is 1. The summed E-state index contributed by atoms with van der Waals surface area (Å²) >= 11 is 0. The Hall–Kier alpha value is -1.96. The lowest BCUT2D eigenvalue weighted by molar-refractivity contribution is 0.174. The molecule has 2 aromatic carbocycles. The van der Waals surface area contributed by atoms with Crippen LogP contribution in [0.2, 0.25) is 0 Å². The van der Waals surface area contributed by atoms with Crippen LogP contribution in [0.1, 0.15) is 11.1 Å². The maximum Gasteiger partial charge on any atom is 0.240 e. The Labute approximate surface area is 147 Å². The van der Waals surface area contributed by atoms with Crippen LogP contribution >= 0.6 is 12.4 Å². The molecule has 1 aliphatic heterocycles. The molecule has 1 aliphatic rings. The van der Waals surface area contributed by atoms with Gasteiger partial charge in [-0.25, -0.2) is 13.1 Å². The molecule has 0 unspecified atom stereocenters. The highest BCUT2D eigenvalue weighted by Gasteiger charge is 2.22. The normalized spacial score (nSPS) is 12.7. The third-order valence-corrected chi connectivity index (χ3v) is 5.25. The molecule has 0 aliphatic carbocycles. The van der Waals surface area contributed by atoms with Gasteiger partial charge in [0.2, 0.25) is 16.8 Å². The van der Waals surface area contributed by atoms with Gasteiger partial charge in [0, 0.05) is 18.3 Å². The van der Waals surface area contributed by atoms with Crippen LogP contribution in [0.15, 0.2) is 41.3 Å². The van der Waals surface area contributed by atoms with Gasteiger partial charge in [0.15, 0.2) is 11.5 Å². The van der Waals surface area contributed by atoms with Crippen LogP contribution in [-0.2, 0) is 16.4 Å². The molecule has 0 saturated heterocycles. The molecule has 130 valence electrons. The third-order valence-electron chi connectivity index (χ3n) is 3.65. The second-order valence-electron chi connectivity index (χ2n) is 5.36. The lowest BCUT2D eigenvalue weighted by Crippen LogP contribution is -2.26. The predicted octanol–water partition coefficient (Wildman–Crippen LogP) is 2.25. The van der Waals surface area contributed by atoms with E-state index in [2.05, 4.69) is 4.72 Å². The largest absolute Gasteiger partial charge is 0.454 e. The van der Waals surface area contributed by atoms with Crippen LogP contribution in [0.3, 0.4) is 0 Å². The second-order valence-corrected chi connectivity index (χ2v) is 7.10. The van der Waals surface area contributed by atoms with Gasteiger partial charge in [0.25, 0.3) is 0 Å². The lowest BCUT2D eigenvalue weighted by Gasteiger charge is -2.10. The van der Waals surface area contributed by atoms with E-state index in [9.17, 15) is 8.42 Å². The quantitative estimate of drug-likeness (QED) is 0.788. The highest BCUT2D eigenvalue weighted by molar-refractivity contribution is 7.89. The first-order valence-electron chi connectivity index (χ1n) is 7.20. The summed E-state index contributed by atoms with van der Waals surface area (Å²) in [7, 11) is -3.60. The number of ether oxygens (including phenoxy) is 2. The van der Waals surface area contributed by atoms with Gasteiger partial charge in [0.05, 0.1) is 4.90 Å². The molecule has 1 heterocycles. The Morgan fingerprint density at radius 2 is 1.75 bits per heavy atom. The average molecular weight is 371 g/mol. The number of nitrogens with two attached hydrogens (primary N) is 1. The van der Waals surface area contributed by atoms with Crippen molar-refractivity contribution >= 4 is 28.1 Å². The van der Waals surface area contributed by atoms with Crippen molar-refractivity contribution < 1.29 is 17.9 Å². The number of nitrogen functional groups attached to an aromatic ring is 1. The summed E-state index contributed by atoms with van der Waals surface area (Å²) < 4.78 is 38.1. The monoisotopic (exact) mass is 370 g/mol. The van der Waals surface area contributed by atoms with E-state index >= 15 is 0 Å². The summed E-state index contributed by atoms with van der Waals surface area (Å²) in [5.41, 5.74) is 7.95. The Bertz CT molecular complexity index is 823. The van der Waals surface area contributed by atoms with E-state index in [4.69, 9.17) is 15.2 Å². The number of aryl methyl sites for hydroxylation is 1. The molecule has 3 N–H and O–H groups in total. The summed E-state index contributed by atoms with van der Waals surface area (Å²) in [5, 5.41) is 0. The van der Waals surface area contributed by atoms with E-state index in [1.165, 1.54) is 6.07 Å². The molecule has 0 saturated carbocycles. The number of nitrogens with one attached hydrogen (secondary N) is 1. The maximum absolute atomic E-state index is 12.5.